The second-order valence-corrected chi connectivity index (χ2v) is 7.60. The van der Waals surface area contributed by atoms with Gasteiger partial charge in [-0.1, -0.05) is 24.3 Å². The van der Waals surface area contributed by atoms with Gasteiger partial charge in [-0.05, 0) is 30.5 Å². The first-order chi connectivity index (χ1) is 14.6. The first kappa shape index (κ1) is 24.3. The van der Waals surface area contributed by atoms with Crippen LogP contribution in [0.2, 0.25) is 0 Å². The van der Waals surface area contributed by atoms with Gasteiger partial charge < -0.3 is 25.0 Å². The zero-order chi connectivity index (χ0) is 23.3. The number of nitrogen functional groups attached to an aromatic ring is 1. The van der Waals surface area contributed by atoms with E-state index in [-0.39, 0.29) is 34.9 Å². The highest BCUT2D eigenvalue weighted by atomic mass is 31.2. The molecule has 168 valence electrons. The smallest absolute Gasteiger partial charge is 0.456 e. The van der Waals surface area contributed by atoms with Crippen LogP contribution in [0.5, 0.6) is 0 Å². The molecule has 0 heterocycles. The van der Waals surface area contributed by atoms with Gasteiger partial charge in [-0.3, -0.25) is 9.63 Å². The summed E-state index contributed by atoms with van der Waals surface area (Å²) in [5, 5.41) is 0. The molecular weight excluding hydrogens is 431 g/mol. The molecule has 4 N–H and O–H groups in total. The van der Waals surface area contributed by atoms with E-state index >= 15 is 0 Å². The van der Waals surface area contributed by atoms with E-state index in [1.165, 1.54) is 24.3 Å². The van der Waals surface area contributed by atoms with Crippen molar-refractivity contribution in [3.05, 3.63) is 41.0 Å². The Balaban J connectivity index is 2.58. The highest BCUT2D eigenvalue weighted by molar-refractivity contribution is 7.49. The summed E-state index contributed by atoms with van der Waals surface area (Å²) < 4.78 is 21.5. The summed E-state index contributed by atoms with van der Waals surface area (Å²) in [6, 6.07) is 5.87. The van der Waals surface area contributed by atoms with Crippen molar-refractivity contribution < 1.29 is 43.0 Å². The highest BCUT2D eigenvalue weighted by Gasteiger charge is 2.32. The van der Waals surface area contributed by atoms with Crippen LogP contribution < -0.4 is 5.73 Å². The van der Waals surface area contributed by atoms with Crippen LogP contribution in [0.4, 0.5) is 5.69 Å². The maximum absolute atomic E-state index is 12.5. The van der Waals surface area contributed by atoms with Crippen molar-refractivity contribution in [3.8, 4) is 11.1 Å². The van der Waals surface area contributed by atoms with Crippen molar-refractivity contribution in [3.63, 3.8) is 0 Å². The molecule has 0 aliphatic heterocycles. The molecule has 0 saturated carbocycles. The van der Waals surface area contributed by atoms with E-state index in [4.69, 9.17) is 15.2 Å². The summed E-state index contributed by atoms with van der Waals surface area (Å²) in [5.74, 6) is -2.44. The molecule has 0 spiro atoms. The Bertz CT molecular complexity index is 962. The topological polar surface area (TPSA) is 166 Å². The summed E-state index contributed by atoms with van der Waals surface area (Å²) in [6.07, 6.45) is -0.421. The molecule has 0 radical (unpaired) electrons. The molecule has 0 saturated heterocycles. The molecule has 0 fully saturated rings. The van der Waals surface area contributed by atoms with Crippen LogP contribution in [0.25, 0.3) is 11.1 Å². The lowest BCUT2D eigenvalue weighted by molar-refractivity contribution is -0.155. The number of carbonyl (C=O) groups is 3. The Labute approximate surface area is 178 Å². The number of carbonyl (C=O) groups excluding carboxylic acids is 3. The van der Waals surface area contributed by atoms with E-state index in [1.807, 2.05) is 0 Å². The molecule has 2 aliphatic rings. The van der Waals surface area contributed by atoms with E-state index in [0.717, 1.165) is 7.11 Å². The van der Waals surface area contributed by atoms with E-state index in [1.54, 1.807) is 13.8 Å². The number of esters is 2. The Morgan fingerprint density at radius 3 is 1.77 bits per heavy atom. The maximum atomic E-state index is 12.5. The Kier molecular flexibility index (Phi) is 7.75. The number of amides is 1. The first-order valence-electron chi connectivity index (χ1n) is 9.18. The quantitative estimate of drug-likeness (QED) is 0.304. The molecule has 0 aromatic heterocycles. The largest absolute Gasteiger partial charge is 0.462 e. The fourth-order valence-electron chi connectivity index (χ4n) is 3.03. The SMILES string of the molecule is CCOC(=O)c1c2ccc(CC(=O)N(OC)P(=O)(O)O)ccc-2c(C(=O)OCC)c1N. The number of anilines is 1. The number of hydrogen-bond acceptors (Lipinski definition) is 8. The van der Waals surface area contributed by atoms with Crippen LogP contribution in [0.15, 0.2) is 24.3 Å². The number of fused-ring (bicyclic) bond motifs is 1. The van der Waals surface area contributed by atoms with Crippen molar-refractivity contribution in [1.82, 2.24) is 4.83 Å². The Hall–Kier alpha value is -2.98. The number of rotatable bonds is 8. The number of nitrogens with two attached hydrogens (primary N) is 1. The zero-order valence-electron chi connectivity index (χ0n) is 17.2. The van der Waals surface area contributed by atoms with Crippen LogP contribution in [-0.4, -0.2) is 52.8 Å². The second kappa shape index (κ2) is 9.88. The summed E-state index contributed by atoms with van der Waals surface area (Å²) in [7, 11) is -4.01. The average Bonchev–Trinajstić information content (AvgIpc) is 2.80. The minimum absolute atomic E-state index is 0.0119. The predicted octanol–water partition coefficient (Wildman–Crippen LogP) is 1.75. The summed E-state index contributed by atoms with van der Waals surface area (Å²) in [6.45, 7) is 3.43. The third-order valence-electron chi connectivity index (χ3n) is 4.23. The van der Waals surface area contributed by atoms with E-state index in [0.29, 0.717) is 16.7 Å². The molecule has 0 atom stereocenters. The Morgan fingerprint density at radius 1 is 0.968 bits per heavy atom. The summed E-state index contributed by atoms with van der Waals surface area (Å²) in [5.41, 5.74) is 6.91. The number of ether oxygens (including phenoxy) is 2. The fourth-order valence-corrected chi connectivity index (χ4v) is 3.60. The first-order valence-corrected chi connectivity index (χ1v) is 10.7. The van der Waals surface area contributed by atoms with Gasteiger partial charge in [0.1, 0.15) is 0 Å². The average molecular weight is 454 g/mol. The van der Waals surface area contributed by atoms with E-state index in [2.05, 4.69) is 4.84 Å². The summed E-state index contributed by atoms with van der Waals surface area (Å²) in [4.78, 5) is 60.0. The monoisotopic (exact) mass is 454 g/mol. The third-order valence-corrected chi connectivity index (χ3v) is 5.09. The number of nitrogens with zero attached hydrogens (tertiary/aromatic N) is 1. The lowest BCUT2D eigenvalue weighted by Gasteiger charge is -2.19. The lowest BCUT2D eigenvalue weighted by Crippen LogP contribution is -2.28. The molecule has 0 aromatic carbocycles. The van der Waals surface area contributed by atoms with Crippen molar-refractivity contribution in [1.29, 1.82) is 0 Å². The molecule has 2 rings (SSSR count). The lowest BCUT2D eigenvalue weighted by atomic mass is 10.1. The van der Waals surface area contributed by atoms with Crippen molar-refractivity contribution in [2.24, 2.45) is 0 Å². The van der Waals surface area contributed by atoms with Crippen molar-refractivity contribution >= 4 is 31.3 Å². The molecule has 0 aromatic rings. The molecule has 0 bridgehead atoms. The van der Waals surface area contributed by atoms with E-state index in [9.17, 15) is 28.7 Å². The number of hydrogen-bond donors (Lipinski definition) is 3. The van der Waals surface area contributed by atoms with Crippen LogP contribution >= 0.6 is 7.75 Å². The van der Waals surface area contributed by atoms with Gasteiger partial charge in [0.25, 0.3) is 5.91 Å². The molecular formula is C19H23N2O9P. The van der Waals surface area contributed by atoms with Crippen LogP contribution in [-0.2, 0) is 30.1 Å². The van der Waals surface area contributed by atoms with Crippen molar-refractivity contribution in [2.45, 2.75) is 20.3 Å². The second-order valence-electron chi connectivity index (χ2n) is 6.21. The van der Waals surface area contributed by atoms with Gasteiger partial charge in [0.05, 0.1) is 43.6 Å². The minimum atomic E-state index is -4.96. The van der Waals surface area contributed by atoms with Gasteiger partial charge in [0.15, 0.2) is 0 Å². The maximum Gasteiger partial charge on any atom is 0.456 e. The molecule has 1 amide bonds. The van der Waals surface area contributed by atoms with Crippen LogP contribution in [0, 0.1) is 0 Å². The van der Waals surface area contributed by atoms with Gasteiger partial charge in [-0.15, -0.1) is 4.83 Å². The highest BCUT2D eigenvalue weighted by Crippen LogP contribution is 2.41. The standard InChI is InChI=1S/C19H23N2O9P/c1-4-29-18(23)15-12-8-6-11(10-14(22)21(28-3)31(25,26)27)7-9-13(12)16(17(15)20)19(24)30-5-2/h6-9H,4-5,10,20H2,1-3H3,(H2,25,26,27). The van der Waals surface area contributed by atoms with E-state index < -0.39 is 32.0 Å². The van der Waals surface area contributed by atoms with Gasteiger partial charge in [-0.2, -0.15) is 0 Å². The number of hydroxylamine groups is 1. The third kappa shape index (κ3) is 5.20. The minimum Gasteiger partial charge on any atom is -0.462 e. The Morgan fingerprint density at radius 2 is 1.42 bits per heavy atom. The molecule has 0 unspecified atom stereocenters. The predicted molar refractivity (Wildman–Crippen MR) is 109 cm³/mol. The molecule has 31 heavy (non-hydrogen) atoms. The zero-order valence-corrected chi connectivity index (χ0v) is 18.0. The molecule has 11 nitrogen and oxygen atoms in total. The van der Waals surface area contributed by atoms with Gasteiger partial charge in [0, 0.05) is 0 Å². The van der Waals surface area contributed by atoms with Gasteiger partial charge in [-0.25, -0.2) is 14.2 Å². The van der Waals surface area contributed by atoms with Gasteiger partial charge in [0.2, 0.25) is 0 Å². The van der Waals surface area contributed by atoms with Crippen molar-refractivity contribution in [2.75, 3.05) is 26.1 Å². The van der Waals surface area contributed by atoms with Gasteiger partial charge >= 0.3 is 19.7 Å². The summed E-state index contributed by atoms with van der Waals surface area (Å²) >= 11 is 0. The normalized spacial score (nSPS) is 11.3. The van der Waals surface area contributed by atoms with Crippen LogP contribution in [0.1, 0.15) is 40.1 Å². The van der Waals surface area contributed by atoms with Crippen LogP contribution in [0.3, 0.4) is 0 Å². The molecule has 2 aliphatic carbocycles. The molecule has 12 heteroatoms. The fraction of sp³-hybridized carbons (Fsp3) is 0.316.